The summed E-state index contributed by atoms with van der Waals surface area (Å²) in [7, 11) is 0. The van der Waals surface area contributed by atoms with E-state index in [9.17, 15) is 0 Å². The molecule has 92 valence electrons. The molecule has 1 aliphatic heterocycles. The second kappa shape index (κ2) is 4.33. The van der Waals surface area contributed by atoms with Crippen LogP contribution in [0.3, 0.4) is 0 Å². The lowest BCUT2D eigenvalue weighted by atomic mass is 10.00. The predicted octanol–water partition coefficient (Wildman–Crippen LogP) is 1.61. The number of hydrogen-bond acceptors (Lipinski definition) is 4. The standard InChI is InChI=1S/C11H12N2O3.ClH/c12-11(13-14)7-2-1-6-3-9-10(4-8(6)7)16-5-15-9;/h3-4,7,14H,1-2,5H2,(H2,12,13);1H. The van der Waals surface area contributed by atoms with E-state index >= 15 is 0 Å². The Balaban J connectivity index is 0.00000108. The Bertz CT molecular complexity index is 476. The van der Waals surface area contributed by atoms with Gasteiger partial charge in [0.05, 0.1) is 0 Å². The first kappa shape index (κ1) is 11.9. The van der Waals surface area contributed by atoms with Crippen molar-refractivity contribution in [2.45, 2.75) is 18.8 Å². The van der Waals surface area contributed by atoms with Crippen molar-refractivity contribution in [3.8, 4) is 11.5 Å². The monoisotopic (exact) mass is 256 g/mol. The van der Waals surface area contributed by atoms with Gasteiger partial charge in [0.25, 0.3) is 0 Å². The SMILES string of the molecule is Cl.NC(=NO)C1CCc2cc3c(cc21)OCO3. The summed E-state index contributed by atoms with van der Waals surface area (Å²) in [6.07, 6.45) is 1.79. The van der Waals surface area contributed by atoms with Gasteiger partial charge in [0, 0.05) is 5.92 Å². The van der Waals surface area contributed by atoms with Gasteiger partial charge in [-0.25, -0.2) is 0 Å². The number of fused-ring (bicyclic) bond motifs is 2. The summed E-state index contributed by atoms with van der Waals surface area (Å²) >= 11 is 0. The number of hydrogen-bond donors (Lipinski definition) is 2. The number of benzene rings is 1. The zero-order chi connectivity index (χ0) is 11.1. The molecule has 0 saturated carbocycles. The van der Waals surface area contributed by atoms with Gasteiger partial charge in [-0.2, -0.15) is 0 Å². The molecule has 0 fully saturated rings. The fourth-order valence-electron chi connectivity index (χ4n) is 2.37. The average molecular weight is 257 g/mol. The number of ether oxygens (including phenoxy) is 2. The molecule has 1 aromatic carbocycles. The fraction of sp³-hybridized carbons (Fsp3) is 0.364. The maximum absolute atomic E-state index is 8.72. The Labute approximate surface area is 105 Å². The van der Waals surface area contributed by atoms with Gasteiger partial charge in [0.2, 0.25) is 6.79 Å². The lowest BCUT2D eigenvalue weighted by Gasteiger charge is -2.09. The lowest BCUT2D eigenvalue weighted by molar-refractivity contribution is 0.174. The van der Waals surface area contributed by atoms with E-state index in [0.29, 0.717) is 0 Å². The highest BCUT2D eigenvalue weighted by Crippen LogP contribution is 2.42. The van der Waals surface area contributed by atoms with Crippen molar-refractivity contribution in [2.24, 2.45) is 10.9 Å². The first-order valence-corrected chi connectivity index (χ1v) is 5.19. The molecule has 0 aromatic heterocycles. The van der Waals surface area contributed by atoms with Crippen LogP contribution in [0, 0.1) is 0 Å². The van der Waals surface area contributed by atoms with Crippen LogP contribution in [0.15, 0.2) is 17.3 Å². The summed E-state index contributed by atoms with van der Waals surface area (Å²) in [5, 5.41) is 11.8. The number of nitrogens with two attached hydrogens (primary N) is 1. The van der Waals surface area contributed by atoms with Crippen molar-refractivity contribution < 1.29 is 14.7 Å². The zero-order valence-corrected chi connectivity index (χ0v) is 9.87. The van der Waals surface area contributed by atoms with Gasteiger partial charge in [-0.05, 0) is 36.1 Å². The van der Waals surface area contributed by atoms with E-state index in [1.165, 1.54) is 5.56 Å². The highest BCUT2D eigenvalue weighted by Gasteiger charge is 2.29. The van der Waals surface area contributed by atoms with Crippen molar-refractivity contribution in [2.75, 3.05) is 6.79 Å². The summed E-state index contributed by atoms with van der Waals surface area (Å²) in [5.74, 6) is 1.79. The predicted molar refractivity (Wildman–Crippen MR) is 64.3 cm³/mol. The number of amidine groups is 1. The number of nitrogens with zero attached hydrogens (tertiary/aromatic N) is 1. The molecule has 0 bridgehead atoms. The van der Waals surface area contributed by atoms with Crippen LogP contribution in [-0.4, -0.2) is 17.8 Å². The van der Waals surface area contributed by atoms with E-state index < -0.39 is 0 Å². The van der Waals surface area contributed by atoms with Crippen LogP contribution in [0.25, 0.3) is 0 Å². The second-order valence-corrected chi connectivity index (χ2v) is 4.02. The molecule has 1 heterocycles. The largest absolute Gasteiger partial charge is 0.454 e. The van der Waals surface area contributed by atoms with Gasteiger partial charge in [0.1, 0.15) is 5.84 Å². The van der Waals surface area contributed by atoms with Crippen LogP contribution in [0.5, 0.6) is 11.5 Å². The van der Waals surface area contributed by atoms with Crippen molar-refractivity contribution in [1.82, 2.24) is 0 Å². The van der Waals surface area contributed by atoms with Crippen LogP contribution < -0.4 is 15.2 Å². The Hall–Kier alpha value is -1.62. The molecule has 0 radical (unpaired) electrons. The molecule has 1 unspecified atom stereocenters. The van der Waals surface area contributed by atoms with Crippen LogP contribution in [0.2, 0.25) is 0 Å². The summed E-state index contributed by atoms with van der Waals surface area (Å²) in [5.41, 5.74) is 7.94. The minimum Gasteiger partial charge on any atom is -0.454 e. The number of halogens is 1. The first-order chi connectivity index (χ1) is 7.79. The molecule has 17 heavy (non-hydrogen) atoms. The molecule has 3 N–H and O–H groups in total. The van der Waals surface area contributed by atoms with E-state index in [1.807, 2.05) is 12.1 Å². The molecule has 1 atom stereocenters. The summed E-state index contributed by atoms with van der Waals surface area (Å²) < 4.78 is 10.6. The van der Waals surface area contributed by atoms with Crippen LogP contribution >= 0.6 is 12.4 Å². The molecule has 0 spiro atoms. The quantitative estimate of drug-likeness (QED) is 0.346. The Morgan fingerprint density at radius 3 is 2.76 bits per heavy atom. The topological polar surface area (TPSA) is 77.1 Å². The van der Waals surface area contributed by atoms with E-state index in [-0.39, 0.29) is 31.0 Å². The lowest BCUT2D eigenvalue weighted by Crippen LogP contribution is -2.19. The highest BCUT2D eigenvalue weighted by atomic mass is 35.5. The minimum absolute atomic E-state index is 0. The van der Waals surface area contributed by atoms with Crippen molar-refractivity contribution in [3.05, 3.63) is 23.3 Å². The molecular formula is C11H13ClN2O3. The smallest absolute Gasteiger partial charge is 0.231 e. The van der Waals surface area contributed by atoms with E-state index in [2.05, 4.69) is 5.16 Å². The fourth-order valence-corrected chi connectivity index (χ4v) is 2.37. The van der Waals surface area contributed by atoms with Crippen LogP contribution in [-0.2, 0) is 6.42 Å². The van der Waals surface area contributed by atoms with Gasteiger partial charge in [0.15, 0.2) is 11.5 Å². The third-order valence-electron chi connectivity index (χ3n) is 3.18. The molecule has 3 rings (SSSR count). The minimum atomic E-state index is -0.00509. The van der Waals surface area contributed by atoms with Crippen LogP contribution in [0.1, 0.15) is 23.5 Å². The molecule has 0 saturated heterocycles. The van der Waals surface area contributed by atoms with Gasteiger partial charge in [-0.15, -0.1) is 12.4 Å². The Morgan fingerprint density at radius 1 is 1.35 bits per heavy atom. The number of aryl methyl sites for hydroxylation is 1. The van der Waals surface area contributed by atoms with E-state index in [0.717, 1.165) is 29.9 Å². The third-order valence-corrected chi connectivity index (χ3v) is 3.18. The Morgan fingerprint density at radius 2 is 2.06 bits per heavy atom. The van der Waals surface area contributed by atoms with E-state index in [1.54, 1.807) is 0 Å². The highest BCUT2D eigenvalue weighted by molar-refractivity contribution is 5.88. The summed E-state index contributed by atoms with van der Waals surface area (Å²) in [6.45, 7) is 0.270. The number of oxime groups is 1. The van der Waals surface area contributed by atoms with Gasteiger partial charge >= 0.3 is 0 Å². The van der Waals surface area contributed by atoms with Gasteiger partial charge in [-0.3, -0.25) is 0 Å². The molecule has 1 aromatic rings. The molecular weight excluding hydrogens is 244 g/mol. The van der Waals surface area contributed by atoms with Crippen molar-refractivity contribution in [3.63, 3.8) is 0 Å². The maximum atomic E-state index is 8.72. The molecule has 0 amide bonds. The normalized spacial score (nSPS) is 20.9. The summed E-state index contributed by atoms with van der Waals surface area (Å²) in [6, 6.07) is 3.93. The van der Waals surface area contributed by atoms with Crippen molar-refractivity contribution >= 4 is 18.2 Å². The second-order valence-electron chi connectivity index (χ2n) is 4.02. The third kappa shape index (κ3) is 1.76. The van der Waals surface area contributed by atoms with Crippen LogP contribution in [0.4, 0.5) is 0 Å². The molecule has 6 heteroatoms. The Kier molecular flexibility index (Phi) is 3.02. The maximum Gasteiger partial charge on any atom is 0.231 e. The van der Waals surface area contributed by atoms with E-state index in [4.69, 9.17) is 20.4 Å². The van der Waals surface area contributed by atoms with Gasteiger partial charge < -0.3 is 20.4 Å². The zero-order valence-electron chi connectivity index (χ0n) is 9.05. The van der Waals surface area contributed by atoms with Gasteiger partial charge in [-0.1, -0.05) is 5.16 Å². The number of rotatable bonds is 1. The molecule has 5 nitrogen and oxygen atoms in total. The molecule has 1 aliphatic carbocycles. The molecule has 2 aliphatic rings. The average Bonchev–Trinajstić information content (AvgIpc) is 2.90. The van der Waals surface area contributed by atoms with Crippen molar-refractivity contribution in [1.29, 1.82) is 0 Å². The summed E-state index contributed by atoms with van der Waals surface area (Å²) in [4.78, 5) is 0. The first-order valence-electron chi connectivity index (χ1n) is 5.19.